The van der Waals surface area contributed by atoms with Crippen LogP contribution in [-0.4, -0.2) is 30.7 Å². The van der Waals surface area contributed by atoms with E-state index >= 15 is 0 Å². The standard InChI is InChI=1S/C32H28BFN2O4S2/c1-20-9-12-24(13-10-20)42(37,38)36-27-14-11-23(34)18-26(27)29(25-15-16-41-28(25)19-35)30(36)21-7-6-8-22(17-21)33-39-31(2,3)32(4,5)40-33/h6-18H,1-5H3. The smallest absolute Gasteiger partial charge is 0.399 e. The highest BCUT2D eigenvalue weighted by molar-refractivity contribution is 7.90. The fourth-order valence-corrected chi connectivity index (χ4v) is 7.48. The quantitative estimate of drug-likeness (QED) is 0.206. The Morgan fingerprint density at radius 1 is 0.952 bits per heavy atom. The monoisotopic (exact) mass is 598 g/mol. The van der Waals surface area contributed by atoms with Crippen molar-refractivity contribution in [3.05, 3.63) is 94.4 Å². The van der Waals surface area contributed by atoms with E-state index in [1.165, 1.54) is 33.5 Å². The van der Waals surface area contributed by atoms with Crippen LogP contribution in [0.25, 0.3) is 33.3 Å². The minimum absolute atomic E-state index is 0.0927. The number of rotatable bonds is 5. The number of halogens is 1. The van der Waals surface area contributed by atoms with E-state index in [-0.39, 0.29) is 4.90 Å². The third-order valence-electron chi connectivity index (χ3n) is 8.17. The maximum absolute atomic E-state index is 14.8. The van der Waals surface area contributed by atoms with Crippen molar-refractivity contribution < 1.29 is 22.1 Å². The van der Waals surface area contributed by atoms with Crippen LogP contribution in [0.2, 0.25) is 0 Å². The van der Waals surface area contributed by atoms with Gasteiger partial charge in [0.25, 0.3) is 10.0 Å². The van der Waals surface area contributed by atoms with E-state index in [9.17, 15) is 18.1 Å². The Kier molecular flexibility index (Phi) is 6.70. The summed E-state index contributed by atoms with van der Waals surface area (Å²) in [7, 11) is -4.86. The topological polar surface area (TPSA) is 81.3 Å². The Morgan fingerprint density at radius 3 is 2.31 bits per heavy atom. The molecule has 0 spiro atoms. The molecular weight excluding hydrogens is 570 g/mol. The molecule has 0 bridgehead atoms. The predicted octanol–water partition coefficient (Wildman–Crippen LogP) is 6.89. The summed E-state index contributed by atoms with van der Waals surface area (Å²) < 4.78 is 57.6. The zero-order valence-corrected chi connectivity index (χ0v) is 25.4. The Labute approximate surface area is 249 Å². The summed E-state index contributed by atoms with van der Waals surface area (Å²) >= 11 is 1.25. The molecule has 0 aliphatic carbocycles. The molecule has 0 saturated carbocycles. The van der Waals surface area contributed by atoms with Gasteiger partial charge in [-0.1, -0.05) is 42.0 Å². The lowest BCUT2D eigenvalue weighted by Gasteiger charge is -2.32. The van der Waals surface area contributed by atoms with Crippen molar-refractivity contribution in [1.82, 2.24) is 3.97 Å². The molecule has 1 fully saturated rings. The highest BCUT2D eigenvalue weighted by Gasteiger charge is 2.51. The third-order valence-corrected chi connectivity index (χ3v) is 10.7. The second kappa shape index (κ2) is 9.92. The van der Waals surface area contributed by atoms with Crippen LogP contribution < -0.4 is 5.46 Å². The first-order valence-corrected chi connectivity index (χ1v) is 15.8. The number of nitriles is 1. The van der Waals surface area contributed by atoms with E-state index in [1.807, 2.05) is 58.9 Å². The lowest BCUT2D eigenvalue weighted by Crippen LogP contribution is -2.41. The minimum Gasteiger partial charge on any atom is -0.399 e. The maximum Gasteiger partial charge on any atom is 0.494 e. The molecule has 212 valence electrons. The molecule has 3 heterocycles. The van der Waals surface area contributed by atoms with Crippen molar-refractivity contribution in [2.24, 2.45) is 0 Å². The van der Waals surface area contributed by atoms with Crippen LogP contribution in [0, 0.1) is 24.1 Å². The molecule has 0 N–H and O–H groups in total. The second-order valence-electron chi connectivity index (χ2n) is 11.5. The van der Waals surface area contributed by atoms with Crippen LogP contribution >= 0.6 is 11.3 Å². The van der Waals surface area contributed by atoms with Gasteiger partial charge < -0.3 is 9.31 Å². The summed E-state index contributed by atoms with van der Waals surface area (Å²) in [5.41, 5.74) is 2.66. The number of benzene rings is 3. The highest BCUT2D eigenvalue weighted by Crippen LogP contribution is 2.45. The first-order chi connectivity index (χ1) is 19.8. The van der Waals surface area contributed by atoms with E-state index in [0.717, 1.165) is 5.56 Å². The molecule has 0 amide bonds. The highest BCUT2D eigenvalue weighted by atomic mass is 32.2. The lowest BCUT2D eigenvalue weighted by atomic mass is 9.78. The van der Waals surface area contributed by atoms with Gasteiger partial charge in [-0.3, -0.25) is 0 Å². The van der Waals surface area contributed by atoms with Crippen molar-refractivity contribution in [2.75, 3.05) is 0 Å². The molecule has 1 saturated heterocycles. The van der Waals surface area contributed by atoms with E-state index in [1.54, 1.807) is 35.7 Å². The number of thiophene rings is 1. The molecule has 1 aliphatic heterocycles. The molecule has 6 rings (SSSR count). The summed E-state index contributed by atoms with van der Waals surface area (Å²) in [5, 5.41) is 12.1. The summed E-state index contributed by atoms with van der Waals surface area (Å²) in [6.45, 7) is 9.76. The van der Waals surface area contributed by atoms with E-state index in [2.05, 4.69) is 6.07 Å². The van der Waals surface area contributed by atoms with Crippen LogP contribution in [0.5, 0.6) is 0 Å². The molecule has 42 heavy (non-hydrogen) atoms. The molecule has 6 nitrogen and oxygen atoms in total. The Morgan fingerprint density at radius 2 is 1.64 bits per heavy atom. The Balaban J connectivity index is 1.69. The van der Waals surface area contributed by atoms with Crippen molar-refractivity contribution in [2.45, 2.75) is 50.7 Å². The van der Waals surface area contributed by atoms with Gasteiger partial charge in [-0.15, -0.1) is 11.3 Å². The number of hydrogen-bond acceptors (Lipinski definition) is 6. The fourth-order valence-electron chi connectivity index (χ4n) is 5.24. The van der Waals surface area contributed by atoms with Crippen LogP contribution in [0.3, 0.4) is 0 Å². The summed E-state index contributed by atoms with van der Waals surface area (Å²) in [4.78, 5) is 0.490. The van der Waals surface area contributed by atoms with Crippen LogP contribution in [0.15, 0.2) is 83.1 Å². The number of aromatic nitrogens is 1. The molecule has 0 atom stereocenters. The predicted molar refractivity (Wildman–Crippen MR) is 165 cm³/mol. The van der Waals surface area contributed by atoms with Crippen molar-refractivity contribution >= 4 is 44.8 Å². The maximum atomic E-state index is 14.8. The molecule has 0 unspecified atom stereocenters. The second-order valence-corrected chi connectivity index (χ2v) is 14.2. The van der Waals surface area contributed by atoms with Crippen LogP contribution in [0.1, 0.15) is 38.1 Å². The van der Waals surface area contributed by atoms with Crippen LogP contribution in [0.4, 0.5) is 4.39 Å². The van der Waals surface area contributed by atoms with Gasteiger partial charge in [0.1, 0.15) is 16.8 Å². The van der Waals surface area contributed by atoms with Gasteiger partial charge in [0.2, 0.25) is 0 Å². The number of nitrogens with zero attached hydrogens (tertiary/aromatic N) is 2. The fraction of sp³-hybridized carbons (Fsp3) is 0.219. The van der Waals surface area contributed by atoms with E-state index in [0.29, 0.717) is 43.6 Å². The molecular formula is C32H28BFN2O4S2. The van der Waals surface area contributed by atoms with Gasteiger partial charge in [0.15, 0.2) is 0 Å². The van der Waals surface area contributed by atoms with Crippen molar-refractivity contribution in [3.8, 4) is 28.5 Å². The number of hydrogen-bond donors (Lipinski definition) is 0. The minimum atomic E-state index is -4.18. The van der Waals surface area contributed by atoms with Gasteiger partial charge >= 0.3 is 7.12 Å². The molecule has 3 aromatic carbocycles. The number of aryl methyl sites for hydroxylation is 1. The summed E-state index contributed by atoms with van der Waals surface area (Å²) in [6.07, 6.45) is 0. The molecule has 2 aromatic heterocycles. The van der Waals surface area contributed by atoms with Gasteiger partial charge in [0.05, 0.1) is 27.3 Å². The molecule has 5 aromatic rings. The SMILES string of the molecule is Cc1ccc(S(=O)(=O)n2c(-c3cccc(B4OC(C)(C)C(C)(C)O4)c3)c(-c3ccsc3C#N)c3cc(F)ccc32)cc1. The summed E-state index contributed by atoms with van der Waals surface area (Å²) in [5.74, 6) is -0.514. The first kappa shape index (κ1) is 28.4. The Bertz CT molecular complexity index is 1990. The number of fused-ring (bicyclic) bond motifs is 1. The first-order valence-electron chi connectivity index (χ1n) is 13.4. The van der Waals surface area contributed by atoms with Gasteiger partial charge in [-0.25, -0.2) is 16.8 Å². The van der Waals surface area contributed by atoms with Crippen LogP contribution in [-0.2, 0) is 19.3 Å². The van der Waals surface area contributed by atoms with Crippen molar-refractivity contribution in [1.29, 1.82) is 5.26 Å². The zero-order chi connectivity index (χ0) is 30.0. The molecule has 10 heteroatoms. The van der Waals surface area contributed by atoms with E-state index in [4.69, 9.17) is 9.31 Å². The largest absolute Gasteiger partial charge is 0.494 e. The van der Waals surface area contributed by atoms with E-state index < -0.39 is 34.2 Å². The Hall–Kier alpha value is -3.75. The molecule has 1 aliphatic rings. The third kappa shape index (κ3) is 4.48. The molecule has 0 radical (unpaired) electrons. The summed E-state index contributed by atoms with van der Waals surface area (Å²) in [6, 6.07) is 22.0. The van der Waals surface area contributed by atoms with Gasteiger partial charge in [-0.2, -0.15) is 5.26 Å². The average Bonchev–Trinajstić information content (AvgIpc) is 3.60. The van der Waals surface area contributed by atoms with Gasteiger partial charge in [0, 0.05) is 16.5 Å². The zero-order valence-electron chi connectivity index (χ0n) is 23.8. The lowest BCUT2D eigenvalue weighted by molar-refractivity contribution is 0.00578. The normalized spacial score (nSPS) is 16.2. The van der Waals surface area contributed by atoms with Gasteiger partial charge in [-0.05, 0) is 87.4 Å². The average molecular weight is 599 g/mol. The van der Waals surface area contributed by atoms with Crippen molar-refractivity contribution in [3.63, 3.8) is 0 Å².